The normalized spacial score (nSPS) is 22.6. The van der Waals surface area contributed by atoms with Gasteiger partial charge in [0, 0.05) is 62.1 Å². The van der Waals surface area contributed by atoms with Crippen molar-refractivity contribution in [1.29, 1.82) is 5.26 Å². The standard InChI is InChI=1S/C40H42ClFN8O7/c1-39(2)37(40(3,4)38(39)57-23-7-6-22(19-43)26(41)16-23)47-33(52)28-20-45-31(21-44-28)49-13-11-48(12-14-49)10-5-15-56-30-18-25-24(17-27(30)42)35(54)50(36(25)55)29-8-9-32(51)46-34(29)53/h6-7,16-18,20-21,29,37-38H,5,8-15H2,1-4H3,(H,47,52)(H,46,51,53)/t29?,37-,38-. The molecule has 298 valence electrons. The molecule has 2 N–H and O–H groups in total. The molecular weight excluding hydrogens is 759 g/mol. The topological polar surface area (TPSA) is 187 Å². The average molecular weight is 801 g/mol. The molecule has 0 bridgehead atoms. The van der Waals surface area contributed by atoms with E-state index < -0.39 is 46.3 Å². The van der Waals surface area contributed by atoms with Gasteiger partial charge >= 0.3 is 0 Å². The van der Waals surface area contributed by atoms with Gasteiger partial charge < -0.3 is 19.7 Å². The van der Waals surface area contributed by atoms with Gasteiger partial charge in [0.25, 0.3) is 17.7 Å². The highest BCUT2D eigenvalue weighted by molar-refractivity contribution is 6.31. The first kappa shape index (κ1) is 39.6. The van der Waals surface area contributed by atoms with Crippen LogP contribution in [0.3, 0.4) is 0 Å². The highest BCUT2D eigenvalue weighted by Crippen LogP contribution is 2.55. The Morgan fingerprint density at radius 3 is 2.35 bits per heavy atom. The minimum absolute atomic E-state index is 0.00580. The first-order valence-corrected chi connectivity index (χ1v) is 19.1. The number of ether oxygens (including phenoxy) is 2. The van der Waals surface area contributed by atoms with Gasteiger partial charge in [0.15, 0.2) is 11.6 Å². The number of nitrogens with one attached hydrogen (secondary N) is 2. The number of hydrogen-bond acceptors (Lipinski definition) is 12. The van der Waals surface area contributed by atoms with E-state index in [0.717, 1.165) is 24.1 Å². The maximum absolute atomic E-state index is 14.9. The van der Waals surface area contributed by atoms with Crippen LogP contribution in [0.5, 0.6) is 11.5 Å². The molecule has 2 aromatic carbocycles. The Labute approximate surface area is 333 Å². The van der Waals surface area contributed by atoms with Crippen molar-refractivity contribution in [3.8, 4) is 17.6 Å². The van der Waals surface area contributed by atoms with E-state index in [2.05, 4.69) is 30.4 Å². The molecule has 7 rings (SSSR count). The number of benzene rings is 2. The SMILES string of the molecule is CC1(C)[C@H](NC(=O)c2cnc(N3CCN(CCCOc4cc5c(cc4F)C(=O)N(C4CCC(=O)NC4=O)C5=O)CC3)cn2)C(C)(C)[C@H]1Oc1ccc(C#N)c(Cl)c1. The van der Waals surface area contributed by atoms with E-state index in [1.807, 2.05) is 33.8 Å². The van der Waals surface area contributed by atoms with E-state index in [-0.39, 0.29) is 60.1 Å². The van der Waals surface area contributed by atoms with Gasteiger partial charge in [0.1, 0.15) is 35.5 Å². The molecule has 17 heteroatoms. The predicted octanol–water partition coefficient (Wildman–Crippen LogP) is 3.75. The van der Waals surface area contributed by atoms with E-state index >= 15 is 0 Å². The fraction of sp³-hybridized carbons (Fsp3) is 0.450. The Kier molecular flexibility index (Phi) is 10.7. The lowest BCUT2D eigenvalue weighted by Gasteiger charge is -2.63. The highest BCUT2D eigenvalue weighted by Gasteiger charge is 2.64. The maximum Gasteiger partial charge on any atom is 0.271 e. The number of nitriles is 1. The summed E-state index contributed by atoms with van der Waals surface area (Å²) in [7, 11) is 0. The number of amides is 5. The lowest BCUT2D eigenvalue weighted by Crippen LogP contribution is -2.74. The van der Waals surface area contributed by atoms with Crippen LogP contribution in [0, 0.1) is 28.0 Å². The lowest BCUT2D eigenvalue weighted by molar-refractivity contribution is -0.164. The van der Waals surface area contributed by atoms with Gasteiger partial charge in [0.05, 0.1) is 40.7 Å². The molecule has 3 aromatic rings. The number of imide groups is 2. The molecule has 1 aliphatic carbocycles. The quantitative estimate of drug-likeness (QED) is 0.212. The Bertz CT molecular complexity index is 2170. The third kappa shape index (κ3) is 7.49. The molecule has 57 heavy (non-hydrogen) atoms. The largest absolute Gasteiger partial charge is 0.490 e. The van der Waals surface area contributed by atoms with Crippen LogP contribution >= 0.6 is 11.6 Å². The zero-order chi connectivity index (χ0) is 40.8. The number of piperidine rings is 1. The lowest BCUT2D eigenvalue weighted by atomic mass is 9.49. The number of carbonyl (C=O) groups is 5. The van der Waals surface area contributed by atoms with Crippen LogP contribution in [0.15, 0.2) is 42.7 Å². The molecule has 4 heterocycles. The van der Waals surface area contributed by atoms with Crippen LogP contribution in [0.25, 0.3) is 0 Å². The van der Waals surface area contributed by atoms with Crippen molar-refractivity contribution in [2.45, 2.75) is 65.1 Å². The smallest absolute Gasteiger partial charge is 0.271 e. The molecule has 1 atom stereocenters. The van der Waals surface area contributed by atoms with Gasteiger partial charge in [-0.2, -0.15) is 5.26 Å². The summed E-state index contributed by atoms with van der Waals surface area (Å²) in [4.78, 5) is 77.3. The molecule has 15 nitrogen and oxygen atoms in total. The molecule has 5 amide bonds. The van der Waals surface area contributed by atoms with Crippen LogP contribution in [0.2, 0.25) is 5.02 Å². The zero-order valence-corrected chi connectivity index (χ0v) is 32.7. The van der Waals surface area contributed by atoms with Crippen molar-refractivity contribution in [2.24, 2.45) is 10.8 Å². The molecular formula is C40H42ClFN8O7. The number of fused-ring (bicyclic) bond motifs is 1. The summed E-state index contributed by atoms with van der Waals surface area (Å²) in [5, 5.41) is 14.8. The van der Waals surface area contributed by atoms with Gasteiger partial charge in [0.2, 0.25) is 11.8 Å². The minimum Gasteiger partial charge on any atom is -0.490 e. The fourth-order valence-corrected chi connectivity index (χ4v) is 8.87. The van der Waals surface area contributed by atoms with Gasteiger partial charge in [-0.1, -0.05) is 39.3 Å². The zero-order valence-electron chi connectivity index (χ0n) is 31.9. The van der Waals surface area contributed by atoms with Crippen molar-refractivity contribution < 1.29 is 37.8 Å². The number of anilines is 1. The van der Waals surface area contributed by atoms with Crippen molar-refractivity contribution >= 4 is 47.0 Å². The van der Waals surface area contributed by atoms with E-state index in [1.165, 1.54) is 12.3 Å². The number of hydrogen-bond donors (Lipinski definition) is 2. The Morgan fingerprint density at radius 1 is 1.02 bits per heavy atom. The number of piperazine rings is 1. The van der Waals surface area contributed by atoms with E-state index in [0.29, 0.717) is 48.2 Å². The molecule has 1 aromatic heterocycles. The van der Waals surface area contributed by atoms with Crippen LogP contribution in [-0.4, -0.2) is 107 Å². The third-order valence-corrected chi connectivity index (χ3v) is 11.7. The first-order valence-electron chi connectivity index (χ1n) is 18.7. The summed E-state index contributed by atoms with van der Waals surface area (Å²) in [6.45, 7) is 11.8. The van der Waals surface area contributed by atoms with E-state index in [4.69, 9.17) is 21.1 Å². The monoisotopic (exact) mass is 800 g/mol. The summed E-state index contributed by atoms with van der Waals surface area (Å²) in [5.41, 5.74) is -0.481. The molecule has 4 aliphatic rings. The van der Waals surface area contributed by atoms with Crippen molar-refractivity contribution in [2.75, 3.05) is 44.2 Å². The second-order valence-electron chi connectivity index (χ2n) is 15.9. The van der Waals surface area contributed by atoms with Crippen LogP contribution in [0.1, 0.15) is 83.7 Å². The molecule has 0 radical (unpaired) electrons. The van der Waals surface area contributed by atoms with Gasteiger partial charge in [-0.3, -0.25) is 39.1 Å². The average Bonchev–Trinajstić information content (AvgIpc) is 3.41. The van der Waals surface area contributed by atoms with Crippen LogP contribution < -0.4 is 25.0 Å². The second-order valence-corrected chi connectivity index (χ2v) is 16.3. The number of nitrogens with zero attached hydrogens (tertiary/aromatic N) is 6. The number of rotatable bonds is 11. The first-order chi connectivity index (χ1) is 27.1. The van der Waals surface area contributed by atoms with Gasteiger partial charge in [-0.25, -0.2) is 14.4 Å². The summed E-state index contributed by atoms with van der Waals surface area (Å²) in [6, 6.07) is 7.80. The summed E-state index contributed by atoms with van der Waals surface area (Å²) in [6.07, 6.45) is 3.40. The van der Waals surface area contributed by atoms with Crippen molar-refractivity contribution in [3.05, 3.63) is 75.9 Å². The molecule has 3 fully saturated rings. The molecule has 1 unspecified atom stereocenters. The molecule has 0 spiro atoms. The predicted molar refractivity (Wildman–Crippen MR) is 203 cm³/mol. The number of aromatic nitrogens is 2. The van der Waals surface area contributed by atoms with Gasteiger partial charge in [-0.05, 0) is 37.1 Å². The molecule has 3 aliphatic heterocycles. The van der Waals surface area contributed by atoms with Crippen LogP contribution in [-0.2, 0) is 9.59 Å². The highest BCUT2D eigenvalue weighted by atomic mass is 35.5. The van der Waals surface area contributed by atoms with Crippen molar-refractivity contribution in [3.63, 3.8) is 0 Å². The Hall–Kier alpha value is -5.66. The summed E-state index contributed by atoms with van der Waals surface area (Å²) in [5.74, 6) is -2.81. The Balaban J connectivity index is 0.858. The van der Waals surface area contributed by atoms with Crippen molar-refractivity contribution in [1.82, 2.24) is 30.4 Å². The maximum atomic E-state index is 14.9. The number of carbonyl (C=O) groups excluding carboxylic acids is 5. The van der Waals surface area contributed by atoms with Crippen LogP contribution in [0.4, 0.5) is 10.2 Å². The van der Waals surface area contributed by atoms with Gasteiger partial charge in [-0.15, -0.1) is 0 Å². The van der Waals surface area contributed by atoms with E-state index in [9.17, 15) is 33.6 Å². The fourth-order valence-electron chi connectivity index (χ4n) is 8.65. The second kappa shape index (κ2) is 15.4. The molecule has 1 saturated carbocycles. The summed E-state index contributed by atoms with van der Waals surface area (Å²) >= 11 is 6.22. The number of halogens is 2. The minimum atomic E-state index is -1.14. The summed E-state index contributed by atoms with van der Waals surface area (Å²) < 4.78 is 27.0. The Morgan fingerprint density at radius 2 is 1.72 bits per heavy atom. The van der Waals surface area contributed by atoms with E-state index in [1.54, 1.807) is 24.4 Å². The third-order valence-electron chi connectivity index (χ3n) is 11.4. The molecule has 2 saturated heterocycles.